The molecular weight excluding hydrogens is 162 g/mol. The van der Waals surface area contributed by atoms with Gasteiger partial charge in [0.2, 0.25) is 0 Å². The first kappa shape index (κ1) is 12.3. The predicted molar refractivity (Wildman–Crippen MR) is 57.7 cm³/mol. The fraction of sp³-hybridized carbons (Fsp3) is 0.800. The van der Waals surface area contributed by atoms with Gasteiger partial charge in [0.1, 0.15) is 0 Å². The number of nitrogens with one attached hydrogen (secondary N) is 2. The topological polar surface area (TPSA) is 50.1 Å². The molecular formula is C10H23N3. The Labute approximate surface area is 81.7 Å². The number of hydrogen-bond acceptors (Lipinski definition) is 3. The molecule has 0 aromatic rings. The largest absolute Gasteiger partial charge is 0.385 e. The van der Waals surface area contributed by atoms with Gasteiger partial charge < -0.3 is 10.7 Å². The Bertz CT molecular complexity index is 181. The molecule has 0 amide bonds. The van der Waals surface area contributed by atoms with Crippen LogP contribution >= 0.6 is 0 Å². The van der Waals surface area contributed by atoms with E-state index in [1.165, 1.54) is 0 Å². The Balaban J connectivity index is 4.42. The van der Waals surface area contributed by atoms with Crippen molar-refractivity contribution in [3.63, 3.8) is 0 Å². The van der Waals surface area contributed by atoms with Gasteiger partial charge in [-0.3, -0.25) is 5.84 Å². The zero-order chi connectivity index (χ0) is 10.7. The molecule has 0 aliphatic heterocycles. The molecule has 3 nitrogen and oxygen atoms in total. The normalized spacial score (nSPS) is 14.2. The van der Waals surface area contributed by atoms with Crippen molar-refractivity contribution in [3.8, 4) is 0 Å². The van der Waals surface area contributed by atoms with Crippen molar-refractivity contribution in [3.05, 3.63) is 11.9 Å². The summed E-state index contributed by atoms with van der Waals surface area (Å²) in [7, 11) is 0. The van der Waals surface area contributed by atoms with Crippen LogP contribution < -0.4 is 16.6 Å². The Morgan fingerprint density at radius 1 is 1.08 bits per heavy atom. The fourth-order valence-corrected chi connectivity index (χ4v) is 0.763. The molecule has 0 fully saturated rings. The lowest BCUT2D eigenvalue weighted by atomic mass is 9.92. The lowest BCUT2D eigenvalue weighted by molar-refractivity contribution is 0.438. The summed E-state index contributed by atoms with van der Waals surface area (Å²) < 4.78 is 0. The van der Waals surface area contributed by atoms with E-state index in [9.17, 15) is 0 Å². The minimum atomic E-state index is 0.0486. The summed E-state index contributed by atoms with van der Waals surface area (Å²) in [4.78, 5) is 0. The summed E-state index contributed by atoms with van der Waals surface area (Å²) in [5.41, 5.74) is 3.84. The van der Waals surface area contributed by atoms with E-state index in [0.29, 0.717) is 0 Å². The first-order chi connectivity index (χ1) is 5.67. The van der Waals surface area contributed by atoms with Crippen LogP contribution in [0.3, 0.4) is 0 Å². The Hall–Kier alpha value is -0.700. The lowest BCUT2D eigenvalue weighted by Gasteiger charge is -2.25. The van der Waals surface area contributed by atoms with Crippen LogP contribution in [0.2, 0.25) is 0 Å². The highest BCUT2D eigenvalue weighted by molar-refractivity contribution is 5.07. The van der Waals surface area contributed by atoms with E-state index in [2.05, 4.69) is 52.3 Å². The molecule has 0 aromatic carbocycles. The summed E-state index contributed by atoms with van der Waals surface area (Å²) in [6, 6.07) is 0. The zero-order valence-electron chi connectivity index (χ0n) is 9.65. The molecule has 13 heavy (non-hydrogen) atoms. The van der Waals surface area contributed by atoms with E-state index in [4.69, 9.17) is 5.84 Å². The minimum absolute atomic E-state index is 0.0486. The van der Waals surface area contributed by atoms with Crippen molar-refractivity contribution < 1.29 is 0 Å². The number of allylic oxidation sites excluding steroid dienone is 1. The molecule has 0 atom stereocenters. The lowest BCUT2D eigenvalue weighted by Crippen LogP contribution is -2.36. The number of rotatable bonds is 2. The van der Waals surface area contributed by atoms with Gasteiger partial charge >= 0.3 is 0 Å². The summed E-state index contributed by atoms with van der Waals surface area (Å²) in [6.07, 6.45) is 1.94. The van der Waals surface area contributed by atoms with Gasteiger partial charge in [0, 0.05) is 22.9 Å². The molecule has 4 N–H and O–H groups in total. The molecule has 0 bridgehead atoms. The Morgan fingerprint density at radius 3 is 1.77 bits per heavy atom. The van der Waals surface area contributed by atoms with E-state index >= 15 is 0 Å². The summed E-state index contributed by atoms with van der Waals surface area (Å²) in [5.74, 6) is 5.43. The number of hydrogen-bond donors (Lipinski definition) is 3. The fourth-order valence-electron chi connectivity index (χ4n) is 0.763. The highest BCUT2D eigenvalue weighted by Gasteiger charge is 2.17. The Kier molecular flexibility index (Phi) is 3.79. The van der Waals surface area contributed by atoms with Gasteiger partial charge in [0.25, 0.3) is 0 Å². The molecule has 0 unspecified atom stereocenters. The molecule has 0 rings (SSSR count). The van der Waals surface area contributed by atoms with Crippen molar-refractivity contribution in [1.29, 1.82) is 0 Å². The monoisotopic (exact) mass is 185 g/mol. The second kappa shape index (κ2) is 4.01. The first-order valence-electron chi connectivity index (χ1n) is 4.62. The molecule has 0 spiro atoms. The third kappa shape index (κ3) is 5.53. The zero-order valence-corrected chi connectivity index (χ0v) is 9.65. The van der Waals surface area contributed by atoms with Gasteiger partial charge in [0.05, 0.1) is 0 Å². The smallest absolute Gasteiger partial charge is 0.0469 e. The number of nitrogens with two attached hydrogens (primary N) is 1. The molecule has 3 heteroatoms. The van der Waals surface area contributed by atoms with E-state index in [-0.39, 0.29) is 11.0 Å². The van der Waals surface area contributed by atoms with Crippen molar-refractivity contribution >= 4 is 0 Å². The van der Waals surface area contributed by atoms with Gasteiger partial charge in [-0.2, -0.15) is 0 Å². The van der Waals surface area contributed by atoms with Gasteiger partial charge in [-0.15, -0.1) is 0 Å². The van der Waals surface area contributed by atoms with Crippen LogP contribution in [-0.4, -0.2) is 5.54 Å². The van der Waals surface area contributed by atoms with Crippen molar-refractivity contribution in [2.45, 2.75) is 47.1 Å². The van der Waals surface area contributed by atoms with Crippen LogP contribution in [0.4, 0.5) is 0 Å². The van der Waals surface area contributed by atoms with Crippen molar-refractivity contribution in [2.75, 3.05) is 0 Å². The molecule has 0 heterocycles. The van der Waals surface area contributed by atoms with Gasteiger partial charge in [0.15, 0.2) is 0 Å². The second-order valence-electron chi connectivity index (χ2n) is 5.35. The summed E-state index contributed by atoms with van der Waals surface area (Å²) in [5, 5.41) is 3.27. The minimum Gasteiger partial charge on any atom is -0.385 e. The maximum Gasteiger partial charge on any atom is 0.0469 e. The molecule has 0 aliphatic carbocycles. The van der Waals surface area contributed by atoms with Crippen molar-refractivity contribution in [1.82, 2.24) is 10.7 Å². The van der Waals surface area contributed by atoms with Crippen LogP contribution in [0.15, 0.2) is 11.9 Å². The average molecular weight is 185 g/mol. The van der Waals surface area contributed by atoms with Crippen LogP contribution in [-0.2, 0) is 0 Å². The molecule has 78 valence electrons. The van der Waals surface area contributed by atoms with Gasteiger partial charge in [-0.1, -0.05) is 20.8 Å². The molecule has 0 saturated heterocycles. The van der Waals surface area contributed by atoms with Crippen LogP contribution in [0, 0.1) is 5.41 Å². The first-order valence-corrected chi connectivity index (χ1v) is 4.62. The maximum atomic E-state index is 5.43. The molecule has 0 aliphatic rings. The van der Waals surface area contributed by atoms with E-state index < -0.39 is 0 Å². The van der Waals surface area contributed by atoms with Gasteiger partial charge in [-0.05, 0) is 20.8 Å². The van der Waals surface area contributed by atoms with E-state index in [0.717, 1.165) is 5.70 Å². The maximum absolute atomic E-state index is 5.43. The van der Waals surface area contributed by atoms with E-state index in [1.54, 1.807) is 0 Å². The summed E-state index contributed by atoms with van der Waals surface area (Å²) in [6.45, 7) is 12.7. The van der Waals surface area contributed by atoms with Crippen molar-refractivity contribution in [2.24, 2.45) is 11.3 Å². The van der Waals surface area contributed by atoms with Crippen LogP contribution in [0.1, 0.15) is 41.5 Å². The van der Waals surface area contributed by atoms with E-state index in [1.807, 2.05) is 6.20 Å². The quantitative estimate of drug-likeness (QED) is 0.453. The SMILES string of the molecule is CC(C)(C)N/C=C(\NN)C(C)(C)C. The summed E-state index contributed by atoms with van der Waals surface area (Å²) >= 11 is 0. The Morgan fingerprint density at radius 2 is 1.54 bits per heavy atom. The second-order valence-corrected chi connectivity index (χ2v) is 5.35. The third-order valence-electron chi connectivity index (χ3n) is 1.61. The highest BCUT2D eigenvalue weighted by Crippen LogP contribution is 2.21. The van der Waals surface area contributed by atoms with Crippen LogP contribution in [0.25, 0.3) is 0 Å². The highest BCUT2D eigenvalue weighted by atomic mass is 15.2. The third-order valence-corrected chi connectivity index (χ3v) is 1.61. The predicted octanol–water partition coefficient (Wildman–Crippen LogP) is 1.73. The molecule has 0 saturated carbocycles. The number of hydrazine groups is 1. The molecule has 0 aromatic heterocycles. The van der Waals surface area contributed by atoms with Gasteiger partial charge in [-0.25, -0.2) is 0 Å². The molecule has 0 radical (unpaired) electrons. The average Bonchev–Trinajstić information content (AvgIpc) is 1.82. The van der Waals surface area contributed by atoms with Crippen LogP contribution in [0.5, 0.6) is 0 Å². The standard InChI is InChI=1S/C10H23N3/c1-9(2,3)8(13-11)7-12-10(4,5)6/h7,12-13H,11H2,1-6H3/b8-7-.